The van der Waals surface area contributed by atoms with Crippen LogP contribution in [0.5, 0.6) is 0 Å². The van der Waals surface area contributed by atoms with Gasteiger partial charge in [0.05, 0.1) is 24.6 Å². The highest BCUT2D eigenvalue weighted by atomic mass is 16.4. The van der Waals surface area contributed by atoms with Gasteiger partial charge in [-0.25, -0.2) is 4.79 Å². The Hall–Kier alpha value is -3.66. The lowest BCUT2D eigenvalue weighted by Crippen LogP contribution is -2.49. The molecule has 4 rings (SSSR count). The number of carbonyl (C=O) groups excluding carboxylic acids is 1. The first-order valence-corrected chi connectivity index (χ1v) is 10.9. The Balaban J connectivity index is 1.23. The van der Waals surface area contributed by atoms with Crippen molar-refractivity contribution in [1.29, 1.82) is 0 Å². The third kappa shape index (κ3) is 5.78. The van der Waals surface area contributed by atoms with Gasteiger partial charge in [-0.15, -0.1) is 5.10 Å². The molecule has 33 heavy (non-hydrogen) atoms. The Morgan fingerprint density at radius 2 is 2.00 bits per heavy atom. The second kappa shape index (κ2) is 10.3. The summed E-state index contributed by atoms with van der Waals surface area (Å²) in [5.74, 6) is 0.0896. The number of rotatable bonds is 7. The van der Waals surface area contributed by atoms with Crippen LogP contribution in [0.4, 0.5) is 0 Å². The van der Waals surface area contributed by atoms with Crippen LogP contribution < -0.4 is 5.63 Å². The van der Waals surface area contributed by atoms with E-state index >= 15 is 0 Å². The van der Waals surface area contributed by atoms with E-state index in [1.807, 2.05) is 29.2 Å². The van der Waals surface area contributed by atoms with E-state index in [4.69, 9.17) is 4.42 Å². The number of aromatic nitrogens is 5. The molecule has 10 heteroatoms. The van der Waals surface area contributed by atoms with E-state index in [9.17, 15) is 9.59 Å². The van der Waals surface area contributed by atoms with Gasteiger partial charge in [-0.1, -0.05) is 11.6 Å². The van der Waals surface area contributed by atoms with Crippen molar-refractivity contribution >= 4 is 12.0 Å². The van der Waals surface area contributed by atoms with Crippen molar-refractivity contribution in [2.75, 3.05) is 32.7 Å². The van der Waals surface area contributed by atoms with Gasteiger partial charge in [0.2, 0.25) is 5.91 Å². The molecule has 0 radical (unpaired) electrons. The molecule has 1 aliphatic heterocycles. The lowest BCUT2D eigenvalue weighted by atomic mass is 10.1. The van der Waals surface area contributed by atoms with Crippen molar-refractivity contribution < 1.29 is 9.21 Å². The van der Waals surface area contributed by atoms with Gasteiger partial charge in [0.25, 0.3) is 0 Å². The molecule has 0 unspecified atom stereocenters. The molecule has 0 N–H and O–H groups in total. The lowest BCUT2D eigenvalue weighted by molar-refractivity contribution is -0.132. The average molecular weight is 450 g/mol. The molecule has 1 amide bonds. The minimum absolute atomic E-state index is 0.0896. The summed E-state index contributed by atoms with van der Waals surface area (Å²) in [6.45, 7) is 7.89. The van der Waals surface area contributed by atoms with Crippen LogP contribution in [0.1, 0.15) is 30.2 Å². The maximum absolute atomic E-state index is 12.7. The molecule has 1 saturated heterocycles. The number of hydrogen-bond acceptors (Lipinski definition) is 8. The number of hydrogen-bond donors (Lipinski definition) is 0. The van der Waals surface area contributed by atoms with Crippen molar-refractivity contribution in [3.63, 3.8) is 0 Å². The molecule has 0 saturated carbocycles. The molecular weight excluding hydrogens is 422 g/mol. The smallest absolute Gasteiger partial charge is 0.339 e. The molecule has 172 valence electrons. The Morgan fingerprint density at radius 1 is 1.18 bits per heavy atom. The van der Waals surface area contributed by atoms with Crippen LogP contribution in [0.15, 0.2) is 51.8 Å². The zero-order valence-corrected chi connectivity index (χ0v) is 18.8. The molecular formula is C23H27N7O3. The Labute approximate surface area is 191 Å². The molecule has 1 aliphatic rings. The molecule has 3 aromatic heterocycles. The first-order chi connectivity index (χ1) is 16.0. The van der Waals surface area contributed by atoms with Crippen molar-refractivity contribution in [2.24, 2.45) is 0 Å². The van der Waals surface area contributed by atoms with Crippen LogP contribution in [-0.4, -0.2) is 73.6 Å². The fraction of sp³-hybridized carbons (Fsp3) is 0.391. The van der Waals surface area contributed by atoms with Gasteiger partial charge in [0.15, 0.2) is 0 Å². The second-order valence-electron chi connectivity index (χ2n) is 8.19. The SMILES string of the molecule is CC(=Cc1ccoc(=O)c1C)CCN1CCN(C(=O)Cc2ccc(-n3cnnn3)cn2)CC1. The highest BCUT2D eigenvalue weighted by molar-refractivity contribution is 5.78. The third-order valence-electron chi connectivity index (χ3n) is 5.87. The average Bonchev–Trinajstić information content (AvgIpc) is 3.36. The molecule has 0 bridgehead atoms. The first kappa shape index (κ1) is 22.5. The summed E-state index contributed by atoms with van der Waals surface area (Å²) in [6.07, 6.45) is 7.83. The van der Waals surface area contributed by atoms with E-state index in [1.54, 1.807) is 13.1 Å². The van der Waals surface area contributed by atoms with E-state index in [-0.39, 0.29) is 18.0 Å². The van der Waals surface area contributed by atoms with E-state index in [2.05, 4.69) is 32.3 Å². The maximum atomic E-state index is 12.7. The standard InChI is InChI=1S/C23H27N7O3/c1-17(13-19-6-12-33-23(32)18(19)2)5-7-28-8-10-29(11-9-28)22(31)14-20-3-4-21(15-24-20)30-16-25-26-27-30/h3-4,6,12-13,15-16H,5,7-11,14H2,1-2H3. The van der Waals surface area contributed by atoms with Crippen LogP contribution >= 0.6 is 0 Å². The molecule has 0 aromatic carbocycles. The molecule has 3 aromatic rings. The fourth-order valence-electron chi connectivity index (χ4n) is 3.75. The predicted octanol–water partition coefficient (Wildman–Crippen LogP) is 1.50. The third-order valence-corrected chi connectivity index (χ3v) is 5.87. The monoisotopic (exact) mass is 449 g/mol. The first-order valence-electron chi connectivity index (χ1n) is 10.9. The molecule has 0 aliphatic carbocycles. The van der Waals surface area contributed by atoms with Gasteiger partial charge < -0.3 is 9.32 Å². The Morgan fingerprint density at radius 3 is 2.70 bits per heavy atom. The van der Waals surface area contributed by atoms with Crippen LogP contribution in [0.3, 0.4) is 0 Å². The van der Waals surface area contributed by atoms with E-state index in [0.29, 0.717) is 18.7 Å². The molecule has 10 nitrogen and oxygen atoms in total. The normalized spacial score (nSPS) is 15.1. The predicted molar refractivity (Wildman–Crippen MR) is 122 cm³/mol. The quantitative estimate of drug-likeness (QED) is 0.534. The largest absolute Gasteiger partial charge is 0.431 e. The topological polar surface area (TPSA) is 110 Å². The second-order valence-corrected chi connectivity index (χ2v) is 8.19. The summed E-state index contributed by atoms with van der Waals surface area (Å²) in [5, 5.41) is 11.0. The summed E-state index contributed by atoms with van der Waals surface area (Å²) in [4.78, 5) is 33.0. The summed E-state index contributed by atoms with van der Waals surface area (Å²) in [5.41, 5.74) is 3.92. The lowest BCUT2D eigenvalue weighted by Gasteiger charge is -2.34. The molecule has 4 heterocycles. The van der Waals surface area contributed by atoms with Gasteiger partial charge in [-0.05, 0) is 54.5 Å². The molecule has 1 fully saturated rings. The van der Waals surface area contributed by atoms with Crippen molar-refractivity contribution in [1.82, 2.24) is 35.0 Å². The number of tetrazole rings is 1. The molecule has 0 atom stereocenters. The van der Waals surface area contributed by atoms with Crippen LogP contribution in [0.2, 0.25) is 0 Å². The van der Waals surface area contributed by atoms with Crippen LogP contribution in [-0.2, 0) is 11.2 Å². The van der Waals surface area contributed by atoms with E-state index in [0.717, 1.165) is 43.0 Å². The fourth-order valence-corrected chi connectivity index (χ4v) is 3.75. The molecule has 0 spiro atoms. The van der Waals surface area contributed by atoms with Crippen molar-refractivity contribution in [3.8, 4) is 5.69 Å². The summed E-state index contributed by atoms with van der Waals surface area (Å²) < 4.78 is 6.41. The number of pyridine rings is 1. The number of piperazine rings is 1. The summed E-state index contributed by atoms with van der Waals surface area (Å²) in [6, 6.07) is 5.50. The van der Waals surface area contributed by atoms with Gasteiger partial charge in [-0.3, -0.25) is 14.7 Å². The van der Waals surface area contributed by atoms with Gasteiger partial charge in [-0.2, -0.15) is 4.68 Å². The number of carbonyl (C=O) groups is 1. The minimum Gasteiger partial charge on any atom is -0.431 e. The Bertz CT molecular complexity index is 1160. The number of nitrogens with zero attached hydrogens (tertiary/aromatic N) is 7. The van der Waals surface area contributed by atoms with E-state index < -0.39 is 0 Å². The zero-order chi connectivity index (χ0) is 23.2. The van der Waals surface area contributed by atoms with Gasteiger partial charge in [0.1, 0.15) is 6.33 Å². The highest BCUT2D eigenvalue weighted by Crippen LogP contribution is 2.13. The maximum Gasteiger partial charge on any atom is 0.339 e. The van der Waals surface area contributed by atoms with Crippen LogP contribution in [0, 0.1) is 6.92 Å². The highest BCUT2D eigenvalue weighted by Gasteiger charge is 2.21. The van der Waals surface area contributed by atoms with Crippen LogP contribution in [0.25, 0.3) is 11.8 Å². The van der Waals surface area contributed by atoms with Crippen molar-refractivity contribution in [2.45, 2.75) is 26.7 Å². The summed E-state index contributed by atoms with van der Waals surface area (Å²) >= 11 is 0. The minimum atomic E-state index is -0.295. The number of amides is 1. The van der Waals surface area contributed by atoms with Gasteiger partial charge >= 0.3 is 5.63 Å². The zero-order valence-electron chi connectivity index (χ0n) is 18.8. The summed E-state index contributed by atoms with van der Waals surface area (Å²) in [7, 11) is 0. The van der Waals surface area contributed by atoms with Crippen molar-refractivity contribution in [3.05, 3.63) is 69.8 Å². The van der Waals surface area contributed by atoms with E-state index in [1.165, 1.54) is 22.8 Å². The Kier molecular flexibility index (Phi) is 7.04. The van der Waals surface area contributed by atoms with Gasteiger partial charge in [0, 0.05) is 44.0 Å².